The van der Waals surface area contributed by atoms with Crippen LogP contribution in [0.3, 0.4) is 0 Å². The van der Waals surface area contributed by atoms with Crippen molar-refractivity contribution >= 4 is 12.1 Å². The molecule has 0 spiro atoms. The van der Waals surface area contributed by atoms with Crippen molar-refractivity contribution in [2.45, 2.75) is 25.0 Å². The van der Waals surface area contributed by atoms with E-state index in [9.17, 15) is 9.18 Å². The Morgan fingerprint density at radius 2 is 2.05 bits per heavy atom. The van der Waals surface area contributed by atoms with Crippen LogP contribution in [-0.4, -0.2) is 42.3 Å². The molecular weight excluding hydrogens is 259 g/mol. The van der Waals surface area contributed by atoms with Gasteiger partial charge < -0.3 is 10.2 Å². The number of carbonyl (C=O) groups is 1. The zero-order valence-corrected chi connectivity index (χ0v) is 11.1. The van der Waals surface area contributed by atoms with Crippen LogP contribution in [0.2, 0.25) is 0 Å². The Morgan fingerprint density at radius 3 is 2.75 bits per heavy atom. The number of hydrogen-bond acceptors (Lipinski definition) is 5. The molecule has 5 nitrogen and oxygen atoms in total. The SMILES string of the molecule is O=CC1NN=C(c2ccccc2F)N1C1CCNCC1. The highest BCUT2D eigenvalue weighted by atomic mass is 19.1. The van der Waals surface area contributed by atoms with Gasteiger partial charge in [0.15, 0.2) is 18.3 Å². The molecule has 2 aliphatic rings. The van der Waals surface area contributed by atoms with Gasteiger partial charge in [-0.2, -0.15) is 5.10 Å². The minimum absolute atomic E-state index is 0.194. The summed E-state index contributed by atoms with van der Waals surface area (Å²) >= 11 is 0. The van der Waals surface area contributed by atoms with Gasteiger partial charge in [-0.15, -0.1) is 0 Å². The van der Waals surface area contributed by atoms with E-state index in [1.807, 2.05) is 4.90 Å². The average Bonchev–Trinajstić information content (AvgIpc) is 2.92. The highest BCUT2D eigenvalue weighted by Gasteiger charge is 2.35. The number of nitrogens with zero attached hydrogens (tertiary/aromatic N) is 2. The molecular formula is C14H17FN4O. The fourth-order valence-corrected chi connectivity index (χ4v) is 2.80. The molecule has 0 bridgehead atoms. The normalized spacial score (nSPS) is 23.4. The second-order valence-electron chi connectivity index (χ2n) is 5.01. The number of hydrogen-bond donors (Lipinski definition) is 2. The Bertz CT molecular complexity index is 528. The zero-order chi connectivity index (χ0) is 13.9. The molecule has 1 saturated heterocycles. The predicted molar refractivity (Wildman–Crippen MR) is 73.7 cm³/mol. The van der Waals surface area contributed by atoms with Crippen molar-refractivity contribution in [2.24, 2.45) is 5.10 Å². The monoisotopic (exact) mass is 276 g/mol. The van der Waals surface area contributed by atoms with Crippen LogP contribution in [0.4, 0.5) is 4.39 Å². The smallest absolute Gasteiger partial charge is 0.173 e. The number of hydrazone groups is 1. The van der Waals surface area contributed by atoms with Crippen LogP contribution in [0.15, 0.2) is 29.4 Å². The van der Waals surface area contributed by atoms with E-state index in [1.54, 1.807) is 18.2 Å². The van der Waals surface area contributed by atoms with Crippen molar-refractivity contribution < 1.29 is 9.18 Å². The molecule has 1 fully saturated rings. The molecule has 2 N–H and O–H groups in total. The summed E-state index contributed by atoms with van der Waals surface area (Å²) in [6.45, 7) is 1.80. The molecule has 106 valence electrons. The Morgan fingerprint density at radius 1 is 1.30 bits per heavy atom. The maximum atomic E-state index is 14.0. The lowest BCUT2D eigenvalue weighted by Crippen LogP contribution is -2.51. The third-order valence-electron chi connectivity index (χ3n) is 3.79. The van der Waals surface area contributed by atoms with Crippen molar-refractivity contribution in [1.82, 2.24) is 15.6 Å². The standard InChI is InChI=1S/C14H17FN4O/c15-12-4-2-1-3-11(12)14-18-17-13(9-20)19(14)10-5-7-16-8-6-10/h1-4,9-10,13,16-17H,5-8H2. The van der Waals surface area contributed by atoms with Crippen molar-refractivity contribution in [3.8, 4) is 0 Å². The Hall–Kier alpha value is -1.95. The molecule has 0 amide bonds. The number of piperidine rings is 1. The summed E-state index contributed by atoms with van der Waals surface area (Å²) in [5.41, 5.74) is 3.22. The molecule has 0 aliphatic carbocycles. The lowest BCUT2D eigenvalue weighted by molar-refractivity contribution is -0.112. The van der Waals surface area contributed by atoms with Crippen molar-refractivity contribution in [3.05, 3.63) is 35.6 Å². The number of amidine groups is 1. The first-order chi connectivity index (χ1) is 9.81. The molecule has 1 atom stereocenters. The average molecular weight is 276 g/mol. The Labute approximate surface area is 116 Å². The number of carbonyl (C=O) groups excluding carboxylic acids is 1. The van der Waals surface area contributed by atoms with Gasteiger partial charge in [-0.3, -0.25) is 10.2 Å². The first-order valence-electron chi connectivity index (χ1n) is 6.83. The van der Waals surface area contributed by atoms with E-state index in [0.717, 1.165) is 32.2 Å². The van der Waals surface area contributed by atoms with Gasteiger partial charge in [-0.25, -0.2) is 4.39 Å². The molecule has 2 aliphatic heterocycles. The van der Waals surface area contributed by atoms with E-state index in [2.05, 4.69) is 15.8 Å². The van der Waals surface area contributed by atoms with Crippen molar-refractivity contribution in [3.63, 3.8) is 0 Å². The lowest BCUT2D eigenvalue weighted by atomic mass is 10.0. The van der Waals surface area contributed by atoms with E-state index >= 15 is 0 Å². The first kappa shape index (κ1) is 13.1. The molecule has 0 saturated carbocycles. The minimum atomic E-state index is -0.507. The van der Waals surface area contributed by atoms with Crippen LogP contribution in [0.25, 0.3) is 0 Å². The molecule has 6 heteroatoms. The molecule has 3 rings (SSSR count). The van der Waals surface area contributed by atoms with Gasteiger partial charge in [0.05, 0.1) is 5.56 Å². The van der Waals surface area contributed by atoms with Crippen LogP contribution in [0, 0.1) is 5.82 Å². The second kappa shape index (κ2) is 5.58. The third-order valence-corrected chi connectivity index (χ3v) is 3.79. The summed E-state index contributed by atoms with van der Waals surface area (Å²) in [4.78, 5) is 13.1. The largest absolute Gasteiger partial charge is 0.324 e. The van der Waals surface area contributed by atoms with Crippen molar-refractivity contribution in [1.29, 1.82) is 0 Å². The van der Waals surface area contributed by atoms with Crippen LogP contribution >= 0.6 is 0 Å². The second-order valence-corrected chi connectivity index (χ2v) is 5.01. The summed E-state index contributed by atoms with van der Waals surface area (Å²) < 4.78 is 14.0. The van der Waals surface area contributed by atoms with E-state index in [-0.39, 0.29) is 11.9 Å². The highest BCUT2D eigenvalue weighted by Crippen LogP contribution is 2.22. The summed E-state index contributed by atoms with van der Waals surface area (Å²) in [6.07, 6.45) is 2.14. The van der Waals surface area contributed by atoms with Gasteiger partial charge in [0.1, 0.15) is 5.82 Å². The van der Waals surface area contributed by atoms with Gasteiger partial charge >= 0.3 is 0 Å². The topological polar surface area (TPSA) is 56.7 Å². The summed E-state index contributed by atoms with van der Waals surface area (Å²) in [5.74, 6) is 0.200. The molecule has 0 aromatic heterocycles. The van der Waals surface area contributed by atoms with Gasteiger partial charge in [-0.05, 0) is 38.1 Å². The molecule has 1 aromatic rings. The predicted octanol–water partition coefficient (Wildman–Crippen LogP) is 0.669. The fraction of sp³-hybridized carbons (Fsp3) is 0.429. The molecule has 1 aromatic carbocycles. The molecule has 1 unspecified atom stereocenters. The fourth-order valence-electron chi connectivity index (χ4n) is 2.80. The Kier molecular flexibility index (Phi) is 3.64. The van der Waals surface area contributed by atoms with Gasteiger partial charge in [0.2, 0.25) is 0 Å². The molecule has 0 radical (unpaired) electrons. The Balaban J connectivity index is 1.92. The quantitative estimate of drug-likeness (QED) is 0.797. The number of rotatable bonds is 3. The third kappa shape index (κ3) is 2.27. The lowest BCUT2D eigenvalue weighted by Gasteiger charge is -2.35. The summed E-state index contributed by atoms with van der Waals surface area (Å²) in [5, 5.41) is 7.46. The summed E-state index contributed by atoms with van der Waals surface area (Å²) in [7, 11) is 0. The van der Waals surface area contributed by atoms with E-state index in [1.165, 1.54) is 6.07 Å². The van der Waals surface area contributed by atoms with Gasteiger partial charge in [-0.1, -0.05) is 12.1 Å². The van der Waals surface area contributed by atoms with E-state index < -0.39 is 6.17 Å². The maximum Gasteiger partial charge on any atom is 0.173 e. The van der Waals surface area contributed by atoms with Gasteiger partial charge in [0.25, 0.3) is 0 Å². The van der Waals surface area contributed by atoms with E-state index in [4.69, 9.17) is 0 Å². The maximum absolute atomic E-state index is 14.0. The number of benzene rings is 1. The number of halogens is 1. The number of aldehydes is 1. The zero-order valence-electron chi connectivity index (χ0n) is 11.1. The van der Waals surface area contributed by atoms with Crippen LogP contribution in [-0.2, 0) is 4.79 Å². The molecule has 20 heavy (non-hydrogen) atoms. The van der Waals surface area contributed by atoms with Crippen LogP contribution in [0.1, 0.15) is 18.4 Å². The first-order valence-corrected chi connectivity index (χ1v) is 6.83. The minimum Gasteiger partial charge on any atom is -0.324 e. The van der Waals surface area contributed by atoms with Crippen LogP contribution < -0.4 is 10.7 Å². The highest BCUT2D eigenvalue weighted by molar-refractivity contribution is 6.01. The van der Waals surface area contributed by atoms with E-state index in [0.29, 0.717) is 11.4 Å². The number of nitrogens with one attached hydrogen (secondary N) is 2. The van der Waals surface area contributed by atoms with Crippen molar-refractivity contribution in [2.75, 3.05) is 13.1 Å². The summed E-state index contributed by atoms with van der Waals surface area (Å²) in [6, 6.07) is 6.72. The van der Waals surface area contributed by atoms with Crippen LogP contribution in [0.5, 0.6) is 0 Å². The molecule has 2 heterocycles. The van der Waals surface area contributed by atoms with Gasteiger partial charge in [0, 0.05) is 6.04 Å².